The Hall–Kier alpha value is -0.240. The molecule has 0 aliphatic carbocycles. The van der Waals surface area contributed by atoms with Crippen LogP contribution in [0, 0.1) is 5.92 Å². The molecule has 0 aromatic rings. The molecule has 0 saturated carbocycles. The maximum atomic E-state index is 4.86. The van der Waals surface area contributed by atoms with Crippen LogP contribution in [0.25, 0.3) is 0 Å². The minimum atomic E-state index is -0.210. The van der Waals surface area contributed by atoms with Gasteiger partial charge in [-0.05, 0) is 13.8 Å². The minimum Gasteiger partial charge on any atom is -0.206 e. The lowest BCUT2D eigenvalue weighted by atomic mass is 9.94. The summed E-state index contributed by atoms with van der Waals surface area (Å²) in [7, 11) is 0. The molecule has 6 nitrogen and oxygen atoms in total. The van der Waals surface area contributed by atoms with Crippen molar-refractivity contribution in [3.63, 3.8) is 0 Å². The van der Waals surface area contributed by atoms with Crippen LogP contribution >= 0.6 is 0 Å². The van der Waals surface area contributed by atoms with E-state index in [0.717, 1.165) is 6.42 Å². The topological polar surface area (TPSA) is 55.4 Å². The van der Waals surface area contributed by atoms with Gasteiger partial charge in [0.2, 0.25) is 0 Å². The summed E-state index contributed by atoms with van der Waals surface area (Å²) >= 11 is 0. The van der Waals surface area contributed by atoms with E-state index in [-0.39, 0.29) is 5.60 Å². The molecule has 0 aromatic carbocycles. The summed E-state index contributed by atoms with van der Waals surface area (Å²) in [6, 6.07) is 0. The molecule has 1 atom stereocenters. The van der Waals surface area contributed by atoms with Crippen LogP contribution in [0.15, 0.2) is 0 Å². The van der Waals surface area contributed by atoms with Crippen LogP contribution in [-0.4, -0.2) is 25.4 Å². The summed E-state index contributed by atoms with van der Waals surface area (Å²) in [6.07, 6.45) is 0.931. The van der Waals surface area contributed by atoms with Crippen LogP contribution in [0.1, 0.15) is 27.2 Å². The van der Waals surface area contributed by atoms with Crippen LogP contribution in [0.3, 0.4) is 0 Å². The zero-order valence-corrected chi connectivity index (χ0v) is 9.36. The highest BCUT2D eigenvalue weighted by molar-refractivity contribution is 4.74. The van der Waals surface area contributed by atoms with Crippen molar-refractivity contribution in [3.8, 4) is 0 Å². The maximum Gasteiger partial charge on any atom is 0.106 e. The van der Waals surface area contributed by atoms with E-state index in [0.29, 0.717) is 25.7 Å². The summed E-state index contributed by atoms with van der Waals surface area (Å²) in [5.41, 5.74) is -0.210. The average Bonchev–Trinajstić information content (AvgIpc) is 2.26. The molecule has 2 fully saturated rings. The first-order chi connectivity index (χ1) is 7.13. The first-order valence-corrected chi connectivity index (χ1v) is 5.01. The molecule has 0 bridgehead atoms. The monoisotopic (exact) mass is 222 g/mol. The zero-order valence-electron chi connectivity index (χ0n) is 9.36. The van der Waals surface area contributed by atoms with Crippen LogP contribution in [0.2, 0.25) is 0 Å². The van der Waals surface area contributed by atoms with E-state index in [1.54, 1.807) is 0 Å². The van der Waals surface area contributed by atoms with E-state index in [1.165, 1.54) is 0 Å². The highest BCUT2D eigenvalue weighted by Crippen LogP contribution is 2.25. The molecule has 6 heteroatoms. The lowest BCUT2D eigenvalue weighted by Gasteiger charge is -2.32. The summed E-state index contributed by atoms with van der Waals surface area (Å²) in [5.74, 6) is 0.381. The van der Waals surface area contributed by atoms with Gasteiger partial charge in [-0.25, -0.2) is 14.7 Å². The van der Waals surface area contributed by atoms with E-state index in [2.05, 4.69) is 31.7 Å². The van der Waals surface area contributed by atoms with Crippen molar-refractivity contribution in [2.45, 2.75) is 32.8 Å². The highest BCUT2D eigenvalue weighted by atomic mass is 17.5. The van der Waals surface area contributed by atoms with Gasteiger partial charge in [0, 0.05) is 12.3 Å². The van der Waals surface area contributed by atoms with E-state index >= 15 is 0 Å². The molecule has 2 saturated heterocycles. The first kappa shape index (κ1) is 12.8. The van der Waals surface area contributed by atoms with Crippen molar-refractivity contribution >= 4 is 0 Å². The second kappa shape index (κ2) is 6.37. The van der Waals surface area contributed by atoms with Gasteiger partial charge in [-0.3, -0.25) is 0 Å². The molecule has 0 radical (unpaired) electrons. The van der Waals surface area contributed by atoms with Crippen LogP contribution in [-0.2, 0) is 29.6 Å². The summed E-state index contributed by atoms with van der Waals surface area (Å²) in [4.78, 5) is 18.1. The Kier molecular flexibility index (Phi) is 5.44. The number of rotatable bonds is 0. The van der Waals surface area contributed by atoms with E-state index in [1.807, 2.05) is 13.8 Å². The Balaban J connectivity index is 0.000000162. The highest BCUT2D eigenvalue weighted by Gasteiger charge is 2.32. The van der Waals surface area contributed by atoms with Crippen molar-refractivity contribution in [2.75, 3.05) is 19.8 Å². The van der Waals surface area contributed by atoms with E-state index in [4.69, 9.17) is 4.89 Å². The standard InChI is InChI=1S/C6H12O3.C3H6O3/c1-5-4-7-9-8-6(5,2)3;1-2-4-6-5-3-1/h5H,4H2,1-3H3;1-3H2. The average molecular weight is 222 g/mol. The SMILES string of the molecule is C1COOOC1.CC1COOOC1(C)C. The lowest BCUT2D eigenvalue weighted by molar-refractivity contribution is -0.574. The van der Waals surface area contributed by atoms with Crippen LogP contribution < -0.4 is 0 Å². The van der Waals surface area contributed by atoms with Gasteiger partial charge < -0.3 is 0 Å². The molecular weight excluding hydrogens is 204 g/mol. The summed E-state index contributed by atoms with van der Waals surface area (Å²) in [6.45, 7) is 7.91. The predicted octanol–water partition coefficient (Wildman–Crippen LogP) is 1.56. The van der Waals surface area contributed by atoms with Crippen molar-refractivity contribution in [1.29, 1.82) is 0 Å². The third kappa shape index (κ3) is 4.87. The molecule has 0 aromatic heterocycles. The van der Waals surface area contributed by atoms with Gasteiger partial charge in [0.1, 0.15) is 5.60 Å². The molecule has 90 valence electrons. The van der Waals surface area contributed by atoms with Gasteiger partial charge >= 0.3 is 0 Å². The molecule has 0 amide bonds. The molecular formula is C9H18O6. The summed E-state index contributed by atoms with van der Waals surface area (Å²) < 4.78 is 0. The second-order valence-corrected chi connectivity index (χ2v) is 4.01. The fraction of sp³-hybridized carbons (Fsp3) is 1.00. The van der Waals surface area contributed by atoms with E-state index in [9.17, 15) is 0 Å². The van der Waals surface area contributed by atoms with Crippen LogP contribution in [0.4, 0.5) is 0 Å². The second-order valence-electron chi connectivity index (χ2n) is 4.01. The fourth-order valence-electron chi connectivity index (χ4n) is 0.803. The van der Waals surface area contributed by atoms with Gasteiger partial charge in [-0.1, -0.05) is 17.0 Å². The minimum absolute atomic E-state index is 0.210. The Labute approximate surface area is 89.1 Å². The zero-order chi connectivity index (χ0) is 11.1. The van der Waals surface area contributed by atoms with Gasteiger partial charge in [-0.2, -0.15) is 4.89 Å². The number of hydrogen-bond acceptors (Lipinski definition) is 6. The van der Waals surface area contributed by atoms with Crippen molar-refractivity contribution < 1.29 is 29.6 Å². The van der Waals surface area contributed by atoms with Gasteiger partial charge in [-0.15, -0.1) is 0 Å². The Morgan fingerprint density at radius 1 is 1.00 bits per heavy atom. The largest absolute Gasteiger partial charge is 0.206 e. The molecule has 0 spiro atoms. The van der Waals surface area contributed by atoms with E-state index < -0.39 is 0 Å². The first-order valence-electron chi connectivity index (χ1n) is 5.01. The van der Waals surface area contributed by atoms with Gasteiger partial charge in [0.05, 0.1) is 19.8 Å². The molecule has 2 heterocycles. The van der Waals surface area contributed by atoms with Crippen molar-refractivity contribution in [2.24, 2.45) is 5.92 Å². The molecule has 2 aliphatic heterocycles. The smallest absolute Gasteiger partial charge is 0.106 e. The Morgan fingerprint density at radius 3 is 1.93 bits per heavy atom. The number of hydrogen-bond donors (Lipinski definition) is 0. The molecule has 15 heavy (non-hydrogen) atoms. The van der Waals surface area contributed by atoms with Gasteiger partial charge in [0.15, 0.2) is 0 Å². The normalized spacial score (nSPS) is 30.2. The quantitative estimate of drug-likeness (QED) is 0.580. The van der Waals surface area contributed by atoms with Gasteiger partial charge in [0.25, 0.3) is 0 Å². The Morgan fingerprint density at radius 2 is 1.67 bits per heavy atom. The Bertz CT molecular complexity index is 156. The molecule has 2 rings (SSSR count). The van der Waals surface area contributed by atoms with Crippen molar-refractivity contribution in [1.82, 2.24) is 0 Å². The molecule has 0 N–H and O–H groups in total. The summed E-state index contributed by atoms with van der Waals surface area (Å²) in [5, 5.41) is 8.42. The maximum absolute atomic E-state index is 4.86. The molecule has 1 unspecified atom stereocenters. The van der Waals surface area contributed by atoms with Crippen LogP contribution in [0.5, 0.6) is 0 Å². The third-order valence-electron chi connectivity index (χ3n) is 2.35. The lowest BCUT2D eigenvalue weighted by Crippen LogP contribution is -2.39. The van der Waals surface area contributed by atoms with Crippen molar-refractivity contribution in [3.05, 3.63) is 0 Å². The fourth-order valence-corrected chi connectivity index (χ4v) is 0.803. The molecule has 2 aliphatic rings. The predicted molar refractivity (Wildman–Crippen MR) is 49.0 cm³/mol. The third-order valence-corrected chi connectivity index (χ3v) is 2.35.